The minimum absolute atomic E-state index is 0.170. The molecule has 110 valence electrons. The molecule has 0 radical (unpaired) electrons. The van der Waals surface area contributed by atoms with Gasteiger partial charge in [-0.3, -0.25) is 4.40 Å². The first-order chi connectivity index (χ1) is 9.75. The number of nitrogens with two attached hydrogens (primary N) is 1. The van der Waals surface area contributed by atoms with Crippen molar-refractivity contribution in [3.63, 3.8) is 0 Å². The standard InChI is InChI=1S/C15H24N4S/c1-12(16)11-13-14(17-15-19(13)9-10-20-15)18-7-5-3-2-4-6-8-18/h9-10,12H,2-8,11,16H2,1H3. The molecule has 0 aromatic carbocycles. The van der Waals surface area contributed by atoms with E-state index < -0.39 is 0 Å². The molecule has 4 nitrogen and oxygen atoms in total. The van der Waals surface area contributed by atoms with E-state index in [2.05, 4.69) is 27.8 Å². The summed E-state index contributed by atoms with van der Waals surface area (Å²) in [5.74, 6) is 1.18. The monoisotopic (exact) mass is 292 g/mol. The normalized spacial score (nSPS) is 19.0. The summed E-state index contributed by atoms with van der Waals surface area (Å²) in [4.78, 5) is 8.45. The molecular weight excluding hydrogens is 268 g/mol. The summed E-state index contributed by atoms with van der Waals surface area (Å²) in [6, 6.07) is 0.170. The van der Waals surface area contributed by atoms with E-state index in [-0.39, 0.29) is 6.04 Å². The number of rotatable bonds is 3. The van der Waals surface area contributed by atoms with E-state index in [1.165, 1.54) is 43.6 Å². The van der Waals surface area contributed by atoms with E-state index in [0.29, 0.717) is 0 Å². The molecule has 3 rings (SSSR count). The molecule has 0 saturated carbocycles. The van der Waals surface area contributed by atoms with Gasteiger partial charge in [0.15, 0.2) is 10.8 Å². The molecule has 1 saturated heterocycles. The molecule has 1 unspecified atom stereocenters. The van der Waals surface area contributed by atoms with Gasteiger partial charge in [-0.05, 0) is 19.8 Å². The van der Waals surface area contributed by atoms with Crippen LogP contribution in [0, 0.1) is 0 Å². The van der Waals surface area contributed by atoms with Crippen molar-refractivity contribution in [2.45, 2.75) is 51.5 Å². The van der Waals surface area contributed by atoms with Gasteiger partial charge in [0.2, 0.25) is 0 Å². The lowest BCUT2D eigenvalue weighted by Gasteiger charge is -2.26. The second kappa shape index (κ2) is 6.14. The summed E-state index contributed by atoms with van der Waals surface area (Å²) in [5, 5.41) is 2.10. The molecule has 0 spiro atoms. The summed E-state index contributed by atoms with van der Waals surface area (Å²) in [5.41, 5.74) is 7.33. The summed E-state index contributed by atoms with van der Waals surface area (Å²) >= 11 is 1.71. The van der Waals surface area contributed by atoms with Crippen LogP contribution in [-0.4, -0.2) is 28.5 Å². The molecule has 5 heteroatoms. The fourth-order valence-corrected chi connectivity index (χ4v) is 3.76. The van der Waals surface area contributed by atoms with Crippen molar-refractivity contribution < 1.29 is 0 Å². The third-order valence-corrected chi connectivity index (χ3v) is 4.77. The van der Waals surface area contributed by atoms with Crippen LogP contribution in [0.5, 0.6) is 0 Å². The lowest BCUT2D eigenvalue weighted by molar-refractivity contribution is 0.552. The predicted molar refractivity (Wildman–Crippen MR) is 85.7 cm³/mol. The number of anilines is 1. The molecule has 0 amide bonds. The number of aromatic nitrogens is 2. The van der Waals surface area contributed by atoms with E-state index in [9.17, 15) is 0 Å². The summed E-state index contributed by atoms with van der Waals surface area (Å²) < 4.78 is 2.22. The molecule has 1 fully saturated rings. The Morgan fingerprint density at radius 3 is 2.65 bits per heavy atom. The quantitative estimate of drug-likeness (QED) is 0.946. The molecule has 1 atom stereocenters. The summed E-state index contributed by atoms with van der Waals surface area (Å²) in [6.07, 6.45) is 9.66. The SMILES string of the molecule is CC(N)Cc1c(N2CCCCCCC2)nc2sccn12. The van der Waals surface area contributed by atoms with Crippen molar-refractivity contribution in [3.8, 4) is 0 Å². The van der Waals surface area contributed by atoms with Gasteiger partial charge in [0, 0.05) is 37.1 Å². The highest BCUT2D eigenvalue weighted by Gasteiger charge is 2.20. The second-order valence-corrected chi connectivity index (χ2v) is 6.75. The van der Waals surface area contributed by atoms with Gasteiger partial charge in [-0.1, -0.05) is 19.3 Å². The van der Waals surface area contributed by atoms with E-state index in [1.54, 1.807) is 11.3 Å². The third-order valence-electron chi connectivity index (χ3n) is 4.01. The molecule has 20 heavy (non-hydrogen) atoms. The minimum atomic E-state index is 0.170. The van der Waals surface area contributed by atoms with Crippen LogP contribution in [0.3, 0.4) is 0 Å². The lowest BCUT2D eigenvalue weighted by Crippen LogP contribution is -2.29. The van der Waals surface area contributed by atoms with Crippen molar-refractivity contribution in [2.75, 3.05) is 18.0 Å². The molecule has 2 aromatic heterocycles. The smallest absolute Gasteiger partial charge is 0.195 e. The van der Waals surface area contributed by atoms with E-state index in [1.807, 2.05) is 0 Å². The van der Waals surface area contributed by atoms with Crippen molar-refractivity contribution in [1.82, 2.24) is 9.38 Å². The van der Waals surface area contributed by atoms with Gasteiger partial charge in [0.25, 0.3) is 0 Å². The fraction of sp³-hybridized carbons (Fsp3) is 0.667. The Hall–Kier alpha value is -1.07. The predicted octanol–water partition coefficient (Wildman–Crippen LogP) is 3.06. The van der Waals surface area contributed by atoms with E-state index in [0.717, 1.165) is 24.5 Å². The molecule has 0 bridgehead atoms. The number of fused-ring (bicyclic) bond motifs is 1. The van der Waals surface area contributed by atoms with E-state index >= 15 is 0 Å². The van der Waals surface area contributed by atoms with Crippen LogP contribution in [-0.2, 0) is 6.42 Å². The zero-order valence-corrected chi connectivity index (χ0v) is 13.0. The number of nitrogens with zero attached hydrogens (tertiary/aromatic N) is 3. The van der Waals surface area contributed by atoms with Gasteiger partial charge in [-0.15, -0.1) is 11.3 Å². The second-order valence-electron chi connectivity index (χ2n) is 5.87. The minimum Gasteiger partial charge on any atom is -0.355 e. The Morgan fingerprint density at radius 2 is 1.95 bits per heavy atom. The average Bonchev–Trinajstić information content (AvgIpc) is 2.92. The number of hydrogen-bond acceptors (Lipinski definition) is 4. The highest BCUT2D eigenvalue weighted by molar-refractivity contribution is 7.15. The van der Waals surface area contributed by atoms with E-state index in [4.69, 9.17) is 10.7 Å². The Labute approximate surface area is 124 Å². The van der Waals surface area contributed by atoms with Gasteiger partial charge in [0.05, 0.1) is 5.69 Å². The van der Waals surface area contributed by atoms with Crippen LogP contribution in [0.4, 0.5) is 5.82 Å². The van der Waals surface area contributed by atoms with Crippen molar-refractivity contribution >= 4 is 22.1 Å². The van der Waals surface area contributed by atoms with Gasteiger partial charge < -0.3 is 10.6 Å². The van der Waals surface area contributed by atoms with Crippen LogP contribution in [0.15, 0.2) is 11.6 Å². The summed E-state index contributed by atoms with van der Waals surface area (Å²) in [7, 11) is 0. The molecular formula is C15H24N4S. The maximum Gasteiger partial charge on any atom is 0.195 e. The average molecular weight is 292 g/mol. The van der Waals surface area contributed by atoms with Crippen molar-refractivity contribution in [2.24, 2.45) is 5.73 Å². The van der Waals surface area contributed by atoms with Crippen molar-refractivity contribution in [3.05, 3.63) is 17.3 Å². The fourth-order valence-electron chi connectivity index (χ4n) is 3.03. The summed E-state index contributed by atoms with van der Waals surface area (Å²) in [6.45, 7) is 4.34. The molecule has 3 heterocycles. The molecule has 2 N–H and O–H groups in total. The Morgan fingerprint density at radius 1 is 1.25 bits per heavy atom. The van der Waals surface area contributed by atoms with Crippen LogP contribution in [0.2, 0.25) is 0 Å². The number of thiazole rings is 1. The molecule has 1 aliphatic rings. The number of hydrogen-bond donors (Lipinski definition) is 1. The maximum atomic E-state index is 6.04. The topological polar surface area (TPSA) is 46.6 Å². The Balaban J connectivity index is 1.93. The first-order valence-corrected chi connectivity index (χ1v) is 8.58. The molecule has 2 aromatic rings. The van der Waals surface area contributed by atoms with Gasteiger partial charge in [-0.25, -0.2) is 4.98 Å². The van der Waals surface area contributed by atoms with Crippen LogP contribution in [0.1, 0.15) is 44.7 Å². The first kappa shape index (κ1) is 13.9. The zero-order valence-electron chi connectivity index (χ0n) is 12.2. The molecule has 0 aliphatic carbocycles. The zero-order chi connectivity index (χ0) is 13.9. The van der Waals surface area contributed by atoms with Gasteiger partial charge >= 0.3 is 0 Å². The Kier molecular flexibility index (Phi) is 4.27. The van der Waals surface area contributed by atoms with Crippen LogP contribution < -0.4 is 10.6 Å². The van der Waals surface area contributed by atoms with Crippen LogP contribution >= 0.6 is 11.3 Å². The lowest BCUT2D eigenvalue weighted by atomic mass is 10.1. The first-order valence-electron chi connectivity index (χ1n) is 7.70. The third kappa shape index (κ3) is 2.83. The maximum absolute atomic E-state index is 6.04. The Bertz CT molecular complexity index is 549. The van der Waals surface area contributed by atoms with Gasteiger partial charge in [0.1, 0.15) is 0 Å². The van der Waals surface area contributed by atoms with Crippen LogP contribution in [0.25, 0.3) is 4.96 Å². The highest BCUT2D eigenvalue weighted by atomic mass is 32.1. The largest absolute Gasteiger partial charge is 0.355 e. The number of imidazole rings is 1. The molecule has 1 aliphatic heterocycles. The van der Waals surface area contributed by atoms with Crippen molar-refractivity contribution in [1.29, 1.82) is 0 Å². The van der Waals surface area contributed by atoms with Gasteiger partial charge in [-0.2, -0.15) is 0 Å². The highest BCUT2D eigenvalue weighted by Crippen LogP contribution is 2.27.